The largest absolute Gasteiger partial charge is 0.461 e. The lowest BCUT2D eigenvalue weighted by Crippen LogP contribution is -2.04. The normalized spacial score (nSPS) is 13.3. The van der Waals surface area contributed by atoms with Gasteiger partial charge >= 0.3 is 5.97 Å². The molecule has 0 amide bonds. The van der Waals surface area contributed by atoms with E-state index >= 15 is 0 Å². The van der Waals surface area contributed by atoms with Crippen molar-refractivity contribution < 1.29 is 9.53 Å². The molecule has 2 heteroatoms. The van der Waals surface area contributed by atoms with Gasteiger partial charge in [-0.25, -0.2) is 0 Å². The van der Waals surface area contributed by atoms with Gasteiger partial charge in [-0.3, -0.25) is 4.79 Å². The molecule has 0 aliphatic heterocycles. The molecular formula is C40H64O2. The van der Waals surface area contributed by atoms with Crippen LogP contribution in [0.25, 0.3) is 0 Å². The summed E-state index contributed by atoms with van der Waals surface area (Å²) in [5.41, 5.74) is 5.63. The Labute approximate surface area is 261 Å². The van der Waals surface area contributed by atoms with Crippen LogP contribution in [0.5, 0.6) is 0 Å². The van der Waals surface area contributed by atoms with Gasteiger partial charge in [0.25, 0.3) is 0 Å². The zero-order valence-corrected chi connectivity index (χ0v) is 28.3. The first kappa shape index (κ1) is 39.4. The molecule has 0 unspecified atom stereocenters. The van der Waals surface area contributed by atoms with Crippen LogP contribution >= 0.6 is 0 Å². The summed E-state index contributed by atoms with van der Waals surface area (Å²) in [7, 11) is 0. The molecule has 0 rings (SSSR count). The van der Waals surface area contributed by atoms with E-state index in [1.165, 1.54) is 48.0 Å². The zero-order valence-electron chi connectivity index (χ0n) is 28.3. The van der Waals surface area contributed by atoms with E-state index in [1.54, 1.807) is 0 Å². The van der Waals surface area contributed by atoms with E-state index in [1.807, 2.05) is 6.08 Å². The Morgan fingerprint density at radius 3 is 1.45 bits per heavy atom. The summed E-state index contributed by atoms with van der Waals surface area (Å²) in [6, 6.07) is 0. The molecule has 0 saturated carbocycles. The van der Waals surface area contributed by atoms with Gasteiger partial charge in [-0.1, -0.05) is 109 Å². The number of allylic oxidation sites excluding steroid dienone is 15. The van der Waals surface area contributed by atoms with Crippen molar-refractivity contribution in [3.63, 3.8) is 0 Å². The third-order valence-electron chi connectivity index (χ3n) is 7.04. The first-order valence-electron chi connectivity index (χ1n) is 16.7. The third-order valence-corrected chi connectivity index (χ3v) is 7.04. The summed E-state index contributed by atoms with van der Waals surface area (Å²) in [5.74, 6) is -0.102. The van der Waals surface area contributed by atoms with Gasteiger partial charge in [0.15, 0.2) is 0 Å². The average molecular weight is 577 g/mol. The lowest BCUT2D eigenvalue weighted by molar-refractivity contribution is -0.142. The highest BCUT2D eigenvalue weighted by Gasteiger charge is 2.00. The number of rotatable bonds is 25. The molecule has 0 aromatic rings. The highest BCUT2D eigenvalue weighted by Crippen LogP contribution is 2.13. The van der Waals surface area contributed by atoms with Gasteiger partial charge in [-0.05, 0) is 124 Å². The van der Waals surface area contributed by atoms with Gasteiger partial charge in [0, 0.05) is 6.42 Å². The molecule has 0 radical (unpaired) electrons. The summed E-state index contributed by atoms with van der Waals surface area (Å²) in [5, 5.41) is 0. The van der Waals surface area contributed by atoms with Crippen LogP contribution < -0.4 is 0 Å². The minimum Gasteiger partial charge on any atom is -0.461 e. The topological polar surface area (TPSA) is 26.3 Å². The molecule has 0 aliphatic carbocycles. The highest BCUT2D eigenvalue weighted by molar-refractivity contribution is 5.69. The molecular weight excluding hydrogens is 512 g/mol. The van der Waals surface area contributed by atoms with E-state index in [0.717, 1.165) is 70.6 Å². The van der Waals surface area contributed by atoms with Crippen molar-refractivity contribution in [1.29, 1.82) is 0 Å². The van der Waals surface area contributed by atoms with Crippen LogP contribution in [0.2, 0.25) is 0 Å². The zero-order chi connectivity index (χ0) is 31.1. The summed E-state index contributed by atoms with van der Waals surface area (Å²) in [6.45, 7) is 13.5. The van der Waals surface area contributed by atoms with E-state index in [9.17, 15) is 4.79 Å². The van der Waals surface area contributed by atoms with Gasteiger partial charge in [0.2, 0.25) is 0 Å². The predicted molar refractivity (Wildman–Crippen MR) is 188 cm³/mol. The molecule has 0 bridgehead atoms. The molecule has 0 atom stereocenters. The first-order chi connectivity index (χ1) is 20.3. The van der Waals surface area contributed by atoms with Crippen molar-refractivity contribution >= 4 is 5.97 Å². The standard InChI is InChI=1S/C40H64O2/c1-7-8-9-10-11-12-13-14-15-16-17-18-19-20-21-22-23-33-40(41)42-35-34-39(6)32-26-31-38(5)30-25-29-37(4)28-24-27-36(2)3/h11-12,14-15,17-18,20-21,27,29,31,34H,7-10,13,16,19,22-26,28,30,32-33,35H2,1-6H3/b12-11-,15-14-,18-17-,21-20-,37-29+,38-31?,39-34+. The number of carbonyl (C=O) groups is 1. The van der Waals surface area contributed by atoms with Crippen molar-refractivity contribution in [3.8, 4) is 0 Å². The quantitative estimate of drug-likeness (QED) is 0.0614. The van der Waals surface area contributed by atoms with Gasteiger partial charge in [0.1, 0.15) is 6.61 Å². The Bertz CT molecular complexity index is 913. The van der Waals surface area contributed by atoms with Crippen LogP contribution in [0, 0.1) is 0 Å². The molecule has 236 valence electrons. The van der Waals surface area contributed by atoms with Crippen LogP contribution in [0.4, 0.5) is 0 Å². The van der Waals surface area contributed by atoms with Crippen molar-refractivity contribution in [2.45, 2.75) is 144 Å². The van der Waals surface area contributed by atoms with Crippen molar-refractivity contribution in [1.82, 2.24) is 0 Å². The summed E-state index contributed by atoms with van der Waals surface area (Å²) >= 11 is 0. The smallest absolute Gasteiger partial charge is 0.306 e. The van der Waals surface area contributed by atoms with Crippen LogP contribution in [-0.4, -0.2) is 12.6 Å². The number of hydrogen-bond acceptors (Lipinski definition) is 2. The monoisotopic (exact) mass is 576 g/mol. The second-order valence-corrected chi connectivity index (χ2v) is 11.7. The second-order valence-electron chi connectivity index (χ2n) is 11.7. The summed E-state index contributed by atoms with van der Waals surface area (Å²) in [4.78, 5) is 12.0. The van der Waals surface area contributed by atoms with E-state index in [0.29, 0.717) is 13.0 Å². The van der Waals surface area contributed by atoms with Crippen molar-refractivity contribution in [3.05, 3.63) is 95.2 Å². The molecule has 0 aliphatic rings. The minimum atomic E-state index is -0.102. The highest BCUT2D eigenvalue weighted by atomic mass is 16.5. The van der Waals surface area contributed by atoms with Gasteiger partial charge < -0.3 is 4.74 Å². The number of hydrogen-bond donors (Lipinski definition) is 0. The molecule has 0 heterocycles. The molecule has 42 heavy (non-hydrogen) atoms. The van der Waals surface area contributed by atoms with E-state index in [4.69, 9.17) is 4.74 Å². The number of esters is 1. The predicted octanol–water partition coefficient (Wildman–Crippen LogP) is 12.8. The third kappa shape index (κ3) is 30.4. The SMILES string of the molecule is CCCCC/C=C\C/C=C\C/C=C\C/C=C\CCCC(=O)OC/C=C(\C)CCC=C(C)CC/C=C(\C)CCC=C(C)C. The maximum atomic E-state index is 12.0. The Morgan fingerprint density at radius 2 is 0.952 bits per heavy atom. The summed E-state index contributed by atoms with van der Waals surface area (Å²) in [6.07, 6.45) is 43.9. The second kappa shape index (κ2) is 29.9. The lowest BCUT2D eigenvalue weighted by atomic mass is 10.0. The van der Waals surface area contributed by atoms with Crippen LogP contribution in [0.3, 0.4) is 0 Å². The minimum absolute atomic E-state index is 0.102. The molecule has 0 fully saturated rings. The molecule has 0 saturated heterocycles. The number of unbranched alkanes of at least 4 members (excludes halogenated alkanes) is 4. The molecule has 0 spiro atoms. The first-order valence-corrected chi connectivity index (χ1v) is 16.7. The number of ether oxygens (including phenoxy) is 1. The molecule has 0 aromatic heterocycles. The Hall–Kier alpha value is -2.61. The lowest BCUT2D eigenvalue weighted by Gasteiger charge is -2.04. The fourth-order valence-corrected chi connectivity index (χ4v) is 4.26. The van der Waals surface area contributed by atoms with E-state index in [-0.39, 0.29) is 5.97 Å². The van der Waals surface area contributed by atoms with Gasteiger partial charge in [-0.15, -0.1) is 0 Å². The van der Waals surface area contributed by atoms with E-state index in [2.05, 4.69) is 108 Å². The fourth-order valence-electron chi connectivity index (χ4n) is 4.26. The maximum absolute atomic E-state index is 12.0. The molecule has 0 N–H and O–H groups in total. The van der Waals surface area contributed by atoms with Crippen LogP contribution in [-0.2, 0) is 9.53 Å². The fraction of sp³-hybridized carbons (Fsp3) is 0.575. The molecule has 2 nitrogen and oxygen atoms in total. The summed E-state index contributed by atoms with van der Waals surface area (Å²) < 4.78 is 5.40. The van der Waals surface area contributed by atoms with Gasteiger partial charge in [0.05, 0.1) is 0 Å². The molecule has 0 aromatic carbocycles. The number of carbonyl (C=O) groups excluding carboxylic acids is 1. The van der Waals surface area contributed by atoms with Crippen molar-refractivity contribution in [2.75, 3.05) is 6.61 Å². The Balaban J connectivity index is 3.85. The van der Waals surface area contributed by atoms with Gasteiger partial charge in [-0.2, -0.15) is 0 Å². The Morgan fingerprint density at radius 1 is 0.500 bits per heavy atom. The van der Waals surface area contributed by atoms with E-state index < -0.39 is 0 Å². The Kier molecular flexibility index (Phi) is 28.0. The average Bonchev–Trinajstić information content (AvgIpc) is 2.94. The maximum Gasteiger partial charge on any atom is 0.306 e. The van der Waals surface area contributed by atoms with Crippen LogP contribution in [0.1, 0.15) is 144 Å². The van der Waals surface area contributed by atoms with Crippen LogP contribution in [0.15, 0.2) is 95.2 Å². The van der Waals surface area contributed by atoms with Crippen molar-refractivity contribution in [2.24, 2.45) is 0 Å².